The number of carbonyl (C=O) groups is 2. The van der Waals surface area contributed by atoms with Crippen molar-refractivity contribution in [2.45, 2.75) is 6.92 Å². The first kappa shape index (κ1) is 15.7. The fraction of sp³-hybridized carbons (Fsp3) is 0.0667. The lowest BCUT2D eigenvalue weighted by molar-refractivity contribution is 0.101. The predicted octanol–water partition coefficient (Wildman–Crippen LogP) is 5.06. The molecule has 0 saturated heterocycles. The summed E-state index contributed by atoms with van der Waals surface area (Å²) in [5.41, 5.74) is 1.87. The molecule has 0 aliphatic heterocycles. The molecule has 2 aromatic rings. The average molecular weight is 412 g/mol. The molecular weight excluding hydrogens is 400 g/mol. The molecule has 0 aromatic heterocycles. The number of hydrogen-bond acceptors (Lipinski definition) is 2. The molecule has 0 saturated carbocycles. The van der Waals surface area contributed by atoms with Gasteiger partial charge in [-0.1, -0.05) is 6.07 Å². The normalized spacial score (nSPS) is 10.0. The second-order valence-corrected chi connectivity index (χ2v) is 6.02. The van der Waals surface area contributed by atoms with E-state index in [2.05, 4.69) is 42.5 Å². The third-order valence-electron chi connectivity index (χ3n) is 2.75. The standard InChI is InChI=1S/C15H12Br2N2O2/c1-9(20)10-5-7-11(8-6-10)18-15(21)19-14-12(16)3-2-4-13(14)17/h2-8H,1H3,(H2,18,19,21). The van der Waals surface area contributed by atoms with E-state index >= 15 is 0 Å². The van der Waals surface area contributed by atoms with Crippen molar-refractivity contribution in [3.63, 3.8) is 0 Å². The zero-order chi connectivity index (χ0) is 15.4. The van der Waals surface area contributed by atoms with Gasteiger partial charge in [0, 0.05) is 20.2 Å². The Balaban J connectivity index is 2.06. The van der Waals surface area contributed by atoms with E-state index in [1.807, 2.05) is 18.2 Å². The summed E-state index contributed by atoms with van der Waals surface area (Å²) in [7, 11) is 0. The molecule has 2 amide bonds. The topological polar surface area (TPSA) is 58.2 Å². The Kier molecular flexibility index (Phi) is 5.14. The molecule has 2 rings (SSSR count). The van der Waals surface area contributed by atoms with Gasteiger partial charge >= 0.3 is 6.03 Å². The number of Topliss-reactive ketones (excluding diaryl/α,β-unsaturated/α-hetero) is 1. The number of para-hydroxylation sites is 1. The number of halogens is 2. The van der Waals surface area contributed by atoms with Gasteiger partial charge in [0.25, 0.3) is 0 Å². The van der Waals surface area contributed by atoms with Gasteiger partial charge in [-0.05, 0) is 75.2 Å². The van der Waals surface area contributed by atoms with Crippen molar-refractivity contribution in [3.8, 4) is 0 Å². The Bertz CT molecular complexity index is 664. The molecule has 108 valence electrons. The Morgan fingerprint density at radius 3 is 2.00 bits per heavy atom. The van der Waals surface area contributed by atoms with Crippen molar-refractivity contribution >= 4 is 55.0 Å². The van der Waals surface area contributed by atoms with Crippen LogP contribution in [0.3, 0.4) is 0 Å². The molecule has 0 bridgehead atoms. The van der Waals surface area contributed by atoms with Gasteiger partial charge in [-0.25, -0.2) is 4.79 Å². The van der Waals surface area contributed by atoms with Crippen LogP contribution in [0.4, 0.5) is 16.2 Å². The highest BCUT2D eigenvalue weighted by molar-refractivity contribution is 9.11. The average Bonchev–Trinajstić information content (AvgIpc) is 2.43. The van der Waals surface area contributed by atoms with Crippen LogP contribution < -0.4 is 10.6 Å². The minimum absolute atomic E-state index is 0.0110. The van der Waals surface area contributed by atoms with Gasteiger partial charge in [0.05, 0.1) is 5.69 Å². The first-order valence-electron chi connectivity index (χ1n) is 6.10. The van der Waals surface area contributed by atoms with Crippen LogP contribution in [-0.2, 0) is 0 Å². The van der Waals surface area contributed by atoms with Gasteiger partial charge in [0.2, 0.25) is 0 Å². The number of nitrogens with one attached hydrogen (secondary N) is 2. The second kappa shape index (κ2) is 6.87. The van der Waals surface area contributed by atoms with Crippen LogP contribution in [-0.4, -0.2) is 11.8 Å². The fourth-order valence-electron chi connectivity index (χ4n) is 1.68. The maximum absolute atomic E-state index is 12.0. The molecule has 2 aromatic carbocycles. The molecule has 0 fully saturated rings. The van der Waals surface area contributed by atoms with Crippen LogP contribution in [0.2, 0.25) is 0 Å². The number of hydrogen-bond donors (Lipinski definition) is 2. The molecule has 4 nitrogen and oxygen atoms in total. The molecule has 0 atom stereocenters. The second-order valence-electron chi connectivity index (χ2n) is 4.31. The molecule has 0 aliphatic carbocycles. The highest BCUT2D eigenvalue weighted by atomic mass is 79.9. The number of anilines is 2. The summed E-state index contributed by atoms with van der Waals surface area (Å²) in [5.74, 6) is -0.0110. The molecule has 2 N–H and O–H groups in total. The van der Waals surface area contributed by atoms with E-state index in [9.17, 15) is 9.59 Å². The molecular formula is C15H12Br2N2O2. The van der Waals surface area contributed by atoms with Crippen molar-refractivity contribution in [2.24, 2.45) is 0 Å². The third kappa shape index (κ3) is 4.15. The van der Waals surface area contributed by atoms with Crippen LogP contribution >= 0.6 is 31.9 Å². The lowest BCUT2D eigenvalue weighted by atomic mass is 10.1. The van der Waals surface area contributed by atoms with E-state index in [0.29, 0.717) is 16.9 Å². The molecule has 0 spiro atoms. The van der Waals surface area contributed by atoms with E-state index in [-0.39, 0.29) is 11.8 Å². The van der Waals surface area contributed by atoms with Crippen LogP contribution in [0.15, 0.2) is 51.4 Å². The smallest absolute Gasteiger partial charge is 0.308 e. The Hall–Kier alpha value is -1.66. The predicted molar refractivity (Wildman–Crippen MR) is 90.9 cm³/mol. The number of benzene rings is 2. The van der Waals surface area contributed by atoms with E-state index < -0.39 is 0 Å². The number of carbonyl (C=O) groups excluding carboxylic acids is 2. The third-order valence-corrected chi connectivity index (χ3v) is 4.07. The lowest BCUT2D eigenvalue weighted by Gasteiger charge is -2.11. The number of amides is 2. The summed E-state index contributed by atoms with van der Waals surface area (Å²) in [6.45, 7) is 1.50. The molecule has 21 heavy (non-hydrogen) atoms. The number of urea groups is 1. The van der Waals surface area contributed by atoms with Crippen molar-refractivity contribution in [2.75, 3.05) is 10.6 Å². The van der Waals surface area contributed by atoms with Crippen LogP contribution in [0.5, 0.6) is 0 Å². The maximum Gasteiger partial charge on any atom is 0.323 e. The van der Waals surface area contributed by atoms with Gasteiger partial charge in [-0.2, -0.15) is 0 Å². The van der Waals surface area contributed by atoms with Gasteiger partial charge < -0.3 is 10.6 Å². The molecule has 0 heterocycles. The lowest BCUT2D eigenvalue weighted by Crippen LogP contribution is -2.20. The van der Waals surface area contributed by atoms with Crippen molar-refractivity contribution in [1.29, 1.82) is 0 Å². The first-order chi connectivity index (χ1) is 9.97. The Morgan fingerprint density at radius 1 is 0.905 bits per heavy atom. The van der Waals surface area contributed by atoms with Gasteiger partial charge in [-0.3, -0.25) is 4.79 Å². The van der Waals surface area contributed by atoms with Crippen LogP contribution in [0.1, 0.15) is 17.3 Å². The number of ketones is 1. The summed E-state index contributed by atoms with van der Waals surface area (Å²) in [4.78, 5) is 23.2. The van der Waals surface area contributed by atoms with Crippen LogP contribution in [0, 0.1) is 0 Å². The highest BCUT2D eigenvalue weighted by Gasteiger charge is 2.09. The Morgan fingerprint density at radius 2 is 1.48 bits per heavy atom. The number of rotatable bonds is 3. The monoisotopic (exact) mass is 410 g/mol. The summed E-state index contributed by atoms with van der Waals surface area (Å²) in [6.07, 6.45) is 0. The van der Waals surface area contributed by atoms with Crippen LogP contribution in [0.25, 0.3) is 0 Å². The zero-order valence-electron chi connectivity index (χ0n) is 11.1. The van der Waals surface area contributed by atoms with Crippen molar-refractivity contribution in [1.82, 2.24) is 0 Å². The summed E-state index contributed by atoms with van der Waals surface area (Å²) < 4.78 is 1.55. The first-order valence-corrected chi connectivity index (χ1v) is 7.69. The summed E-state index contributed by atoms with van der Waals surface area (Å²) in [6, 6.07) is 11.9. The van der Waals surface area contributed by atoms with Crippen molar-refractivity contribution < 1.29 is 9.59 Å². The minimum atomic E-state index is -0.363. The Labute approximate surface area is 139 Å². The van der Waals surface area contributed by atoms with E-state index in [4.69, 9.17) is 0 Å². The summed E-state index contributed by atoms with van der Waals surface area (Å²) >= 11 is 6.75. The quantitative estimate of drug-likeness (QED) is 0.693. The van der Waals surface area contributed by atoms with Crippen molar-refractivity contribution in [3.05, 3.63) is 57.0 Å². The highest BCUT2D eigenvalue weighted by Crippen LogP contribution is 2.30. The van der Waals surface area contributed by atoms with E-state index in [0.717, 1.165) is 8.95 Å². The van der Waals surface area contributed by atoms with Gasteiger partial charge in [0.1, 0.15) is 0 Å². The van der Waals surface area contributed by atoms with E-state index in [1.165, 1.54) is 6.92 Å². The summed E-state index contributed by atoms with van der Waals surface area (Å²) in [5, 5.41) is 5.46. The van der Waals surface area contributed by atoms with Gasteiger partial charge in [0.15, 0.2) is 5.78 Å². The minimum Gasteiger partial charge on any atom is -0.308 e. The SMILES string of the molecule is CC(=O)c1ccc(NC(=O)Nc2c(Br)cccc2Br)cc1. The molecule has 0 unspecified atom stereocenters. The zero-order valence-corrected chi connectivity index (χ0v) is 14.3. The molecule has 0 aliphatic rings. The van der Waals surface area contributed by atoms with E-state index in [1.54, 1.807) is 24.3 Å². The molecule has 6 heteroatoms. The fourth-order valence-corrected chi connectivity index (χ4v) is 2.88. The van der Waals surface area contributed by atoms with Gasteiger partial charge in [-0.15, -0.1) is 0 Å². The maximum atomic E-state index is 12.0. The largest absolute Gasteiger partial charge is 0.323 e. The molecule has 0 radical (unpaired) electrons.